The zero-order valence-corrected chi connectivity index (χ0v) is 9.19. The van der Waals surface area contributed by atoms with Crippen LogP contribution in [0.5, 0.6) is 0 Å². The van der Waals surface area contributed by atoms with Crippen molar-refractivity contribution in [1.82, 2.24) is 0 Å². The smallest absolute Gasteiger partial charge is 0.163 e. The zero-order chi connectivity index (χ0) is 10.9. The molecule has 2 rings (SSSR count). The Balaban J connectivity index is 2.11. The maximum atomic E-state index is 5.75. The third kappa shape index (κ3) is 2.37. The SMILES string of the molecule is CC1(C)OCC(c2ccc(CN)cc2)O1. The second kappa shape index (κ2) is 3.93. The van der Waals surface area contributed by atoms with E-state index in [4.69, 9.17) is 15.2 Å². The van der Waals surface area contributed by atoms with Gasteiger partial charge in [-0.25, -0.2) is 0 Å². The van der Waals surface area contributed by atoms with Crippen molar-refractivity contribution in [1.29, 1.82) is 0 Å². The van der Waals surface area contributed by atoms with Gasteiger partial charge in [0.2, 0.25) is 0 Å². The molecule has 3 nitrogen and oxygen atoms in total. The summed E-state index contributed by atoms with van der Waals surface area (Å²) in [7, 11) is 0. The van der Waals surface area contributed by atoms with Crippen LogP contribution >= 0.6 is 0 Å². The largest absolute Gasteiger partial charge is 0.347 e. The van der Waals surface area contributed by atoms with Crippen molar-refractivity contribution in [2.24, 2.45) is 5.73 Å². The fourth-order valence-electron chi connectivity index (χ4n) is 1.72. The molecule has 0 bridgehead atoms. The Kier molecular flexibility index (Phi) is 2.78. The van der Waals surface area contributed by atoms with Crippen LogP contribution in [0.3, 0.4) is 0 Å². The van der Waals surface area contributed by atoms with Crippen LogP contribution in [0.1, 0.15) is 31.1 Å². The molecule has 0 amide bonds. The molecule has 1 aliphatic rings. The van der Waals surface area contributed by atoms with E-state index in [1.165, 1.54) is 0 Å². The van der Waals surface area contributed by atoms with Gasteiger partial charge in [0.15, 0.2) is 5.79 Å². The van der Waals surface area contributed by atoms with Crippen LogP contribution in [0.25, 0.3) is 0 Å². The molecule has 0 saturated carbocycles. The van der Waals surface area contributed by atoms with Gasteiger partial charge in [0.25, 0.3) is 0 Å². The van der Waals surface area contributed by atoms with Crippen LogP contribution in [0.2, 0.25) is 0 Å². The van der Waals surface area contributed by atoms with Crippen molar-refractivity contribution in [3.05, 3.63) is 35.4 Å². The van der Waals surface area contributed by atoms with Crippen molar-refractivity contribution >= 4 is 0 Å². The average Bonchev–Trinajstić information content (AvgIpc) is 2.59. The van der Waals surface area contributed by atoms with Gasteiger partial charge in [-0.2, -0.15) is 0 Å². The molecule has 1 aromatic carbocycles. The summed E-state index contributed by atoms with van der Waals surface area (Å²) in [5.41, 5.74) is 7.83. The molecule has 3 heteroatoms. The number of ether oxygens (including phenoxy) is 2. The highest BCUT2D eigenvalue weighted by atomic mass is 16.7. The van der Waals surface area contributed by atoms with E-state index < -0.39 is 5.79 Å². The van der Waals surface area contributed by atoms with E-state index in [-0.39, 0.29) is 6.10 Å². The molecule has 1 unspecified atom stereocenters. The first-order valence-corrected chi connectivity index (χ1v) is 5.21. The zero-order valence-electron chi connectivity index (χ0n) is 9.19. The summed E-state index contributed by atoms with van der Waals surface area (Å²) in [5.74, 6) is -0.461. The Morgan fingerprint density at radius 3 is 2.47 bits per heavy atom. The molecule has 82 valence electrons. The lowest BCUT2D eigenvalue weighted by Gasteiger charge is -2.17. The van der Waals surface area contributed by atoms with E-state index in [0.717, 1.165) is 11.1 Å². The molecule has 0 radical (unpaired) electrons. The Morgan fingerprint density at radius 2 is 2.00 bits per heavy atom. The second-order valence-electron chi connectivity index (χ2n) is 4.26. The van der Waals surface area contributed by atoms with E-state index in [0.29, 0.717) is 13.2 Å². The minimum absolute atomic E-state index is 0.0480. The van der Waals surface area contributed by atoms with Crippen LogP contribution in [-0.4, -0.2) is 12.4 Å². The van der Waals surface area contributed by atoms with Crippen LogP contribution in [0.15, 0.2) is 24.3 Å². The van der Waals surface area contributed by atoms with Gasteiger partial charge in [-0.15, -0.1) is 0 Å². The summed E-state index contributed by atoms with van der Waals surface area (Å²) < 4.78 is 11.3. The topological polar surface area (TPSA) is 44.5 Å². The quantitative estimate of drug-likeness (QED) is 0.806. The van der Waals surface area contributed by atoms with Crippen molar-refractivity contribution in [3.8, 4) is 0 Å². The molecule has 1 aromatic rings. The van der Waals surface area contributed by atoms with Crippen LogP contribution in [0.4, 0.5) is 0 Å². The fourth-order valence-corrected chi connectivity index (χ4v) is 1.72. The van der Waals surface area contributed by atoms with Gasteiger partial charge >= 0.3 is 0 Å². The standard InChI is InChI=1S/C12H17NO2/c1-12(2)14-8-11(15-12)10-5-3-9(7-13)4-6-10/h3-6,11H,7-8,13H2,1-2H3. The van der Waals surface area contributed by atoms with E-state index in [1.54, 1.807) is 0 Å². The summed E-state index contributed by atoms with van der Waals surface area (Å²) in [6, 6.07) is 8.17. The summed E-state index contributed by atoms with van der Waals surface area (Å²) in [4.78, 5) is 0. The molecule has 0 aromatic heterocycles. The Bertz CT molecular complexity index is 332. The predicted octanol–water partition coefficient (Wildman–Crippen LogP) is 1.97. The lowest BCUT2D eigenvalue weighted by molar-refractivity contribution is -0.139. The normalized spacial score (nSPS) is 24.3. The first-order chi connectivity index (χ1) is 7.11. The number of nitrogens with two attached hydrogens (primary N) is 1. The highest BCUT2D eigenvalue weighted by Gasteiger charge is 2.33. The molecular weight excluding hydrogens is 190 g/mol. The lowest BCUT2D eigenvalue weighted by atomic mass is 10.1. The average molecular weight is 207 g/mol. The third-order valence-corrected chi connectivity index (χ3v) is 2.60. The maximum Gasteiger partial charge on any atom is 0.163 e. The van der Waals surface area contributed by atoms with Gasteiger partial charge in [-0.05, 0) is 25.0 Å². The maximum absolute atomic E-state index is 5.75. The van der Waals surface area contributed by atoms with Crippen molar-refractivity contribution in [2.45, 2.75) is 32.3 Å². The number of hydrogen-bond acceptors (Lipinski definition) is 3. The minimum Gasteiger partial charge on any atom is -0.347 e. The number of hydrogen-bond donors (Lipinski definition) is 1. The number of benzene rings is 1. The summed E-state index contributed by atoms with van der Waals surface area (Å²) in [5, 5.41) is 0. The third-order valence-electron chi connectivity index (χ3n) is 2.60. The Hall–Kier alpha value is -0.900. The first-order valence-electron chi connectivity index (χ1n) is 5.21. The fraction of sp³-hybridized carbons (Fsp3) is 0.500. The molecule has 0 spiro atoms. The summed E-state index contributed by atoms with van der Waals surface area (Å²) in [6.45, 7) is 5.06. The highest BCUT2D eigenvalue weighted by Crippen LogP contribution is 2.32. The molecule has 1 aliphatic heterocycles. The Labute approximate surface area is 90.2 Å². The molecule has 1 fully saturated rings. The van der Waals surface area contributed by atoms with Gasteiger partial charge < -0.3 is 15.2 Å². The summed E-state index contributed by atoms with van der Waals surface area (Å²) >= 11 is 0. The van der Waals surface area contributed by atoms with E-state index in [2.05, 4.69) is 12.1 Å². The minimum atomic E-state index is -0.461. The van der Waals surface area contributed by atoms with Gasteiger partial charge in [0.05, 0.1) is 6.61 Å². The van der Waals surface area contributed by atoms with Gasteiger partial charge in [-0.1, -0.05) is 24.3 Å². The lowest BCUT2D eigenvalue weighted by Crippen LogP contribution is -2.19. The van der Waals surface area contributed by atoms with Crippen molar-refractivity contribution < 1.29 is 9.47 Å². The van der Waals surface area contributed by atoms with Crippen LogP contribution in [-0.2, 0) is 16.0 Å². The second-order valence-corrected chi connectivity index (χ2v) is 4.26. The Morgan fingerprint density at radius 1 is 1.33 bits per heavy atom. The highest BCUT2D eigenvalue weighted by molar-refractivity contribution is 5.24. The molecule has 0 aliphatic carbocycles. The van der Waals surface area contributed by atoms with E-state index in [1.807, 2.05) is 26.0 Å². The summed E-state index contributed by atoms with van der Waals surface area (Å²) in [6.07, 6.45) is 0.0480. The molecule has 1 atom stereocenters. The monoisotopic (exact) mass is 207 g/mol. The van der Waals surface area contributed by atoms with E-state index in [9.17, 15) is 0 Å². The van der Waals surface area contributed by atoms with Crippen LogP contribution in [0, 0.1) is 0 Å². The van der Waals surface area contributed by atoms with Crippen molar-refractivity contribution in [2.75, 3.05) is 6.61 Å². The molecule has 1 saturated heterocycles. The first kappa shape index (κ1) is 10.6. The van der Waals surface area contributed by atoms with Gasteiger partial charge in [-0.3, -0.25) is 0 Å². The van der Waals surface area contributed by atoms with Gasteiger partial charge in [0, 0.05) is 6.54 Å². The molecule has 15 heavy (non-hydrogen) atoms. The predicted molar refractivity (Wildman–Crippen MR) is 58.2 cm³/mol. The van der Waals surface area contributed by atoms with Gasteiger partial charge in [0.1, 0.15) is 6.10 Å². The molecule has 1 heterocycles. The molecular formula is C12H17NO2. The van der Waals surface area contributed by atoms with Crippen molar-refractivity contribution in [3.63, 3.8) is 0 Å². The number of rotatable bonds is 2. The van der Waals surface area contributed by atoms with E-state index >= 15 is 0 Å². The van der Waals surface area contributed by atoms with Crippen LogP contribution < -0.4 is 5.73 Å². The molecule has 2 N–H and O–H groups in total.